The molecule has 0 aliphatic rings. The van der Waals surface area contributed by atoms with E-state index in [9.17, 15) is 14.4 Å². The van der Waals surface area contributed by atoms with Crippen LogP contribution in [-0.2, 0) is 19.0 Å². The lowest BCUT2D eigenvalue weighted by molar-refractivity contribution is -0.148. The predicted octanol–water partition coefficient (Wildman–Crippen LogP) is 1.83. The summed E-state index contributed by atoms with van der Waals surface area (Å²) in [6.07, 6.45) is 0. The molecule has 0 amide bonds. The maximum atomic E-state index is 11.7. The smallest absolute Gasteiger partial charge is 0.338 e. The average molecular weight is 294 g/mol. The van der Waals surface area contributed by atoms with Gasteiger partial charge < -0.3 is 14.2 Å². The first-order valence-corrected chi connectivity index (χ1v) is 6.48. The summed E-state index contributed by atoms with van der Waals surface area (Å²) in [4.78, 5) is 34.1. The van der Waals surface area contributed by atoms with Crippen molar-refractivity contribution in [3.8, 4) is 0 Å². The van der Waals surface area contributed by atoms with Crippen LogP contribution in [0.4, 0.5) is 0 Å². The van der Waals surface area contributed by atoms with E-state index in [-0.39, 0.29) is 25.1 Å². The number of hydrogen-bond acceptors (Lipinski definition) is 6. The summed E-state index contributed by atoms with van der Waals surface area (Å²) in [5.74, 6) is -1.58. The Labute approximate surface area is 123 Å². The van der Waals surface area contributed by atoms with Gasteiger partial charge in [0, 0.05) is 0 Å². The van der Waals surface area contributed by atoms with Crippen LogP contribution in [0.25, 0.3) is 0 Å². The SMILES string of the molecule is COC(=O)c1ccc(C(=O)OCCOC(=O)C(C)C)cc1. The first-order valence-electron chi connectivity index (χ1n) is 6.48. The lowest BCUT2D eigenvalue weighted by Gasteiger charge is -2.08. The molecule has 0 saturated carbocycles. The summed E-state index contributed by atoms with van der Waals surface area (Å²) in [6, 6.07) is 5.88. The third-order valence-corrected chi connectivity index (χ3v) is 2.57. The van der Waals surface area contributed by atoms with Gasteiger partial charge in [0.25, 0.3) is 0 Å². The first-order chi connectivity index (χ1) is 9.95. The summed E-state index contributed by atoms with van der Waals surface area (Å²) >= 11 is 0. The minimum Gasteiger partial charge on any atom is -0.465 e. The summed E-state index contributed by atoms with van der Waals surface area (Å²) in [5, 5.41) is 0. The van der Waals surface area contributed by atoms with Crippen LogP contribution in [0.15, 0.2) is 24.3 Å². The maximum Gasteiger partial charge on any atom is 0.338 e. The second kappa shape index (κ2) is 8.04. The van der Waals surface area contributed by atoms with E-state index in [1.165, 1.54) is 31.4 Å². The monoisotopic (exact) mass is 294 g/mol. The van der Waals surface area contributed by atoms with Crippen molar-refractivity contribution in [1.29, 1.82) is 0 Å². The van der Waals surface area contributed by atoms with E-state index >= 15 is 0 Å². The van der Waals surface area contributed by atoms with Crippen LogP contribution in [-0.4, -0.2) is 38.2 Å². The van der Waals surface area contributed by atoms with Gasteiger partial charge >= 0.3 is 17.9 Å². The van der Waals surface area contributed by atoms with Gasteiger partial charge in [-0.3, -0.25) is 4.79 Å². The second-order valence-electron chi connectivity index (χ2n) is 4.53. The lowest BCUT2D eigenvalue weighted by atomic mass is 10.1. The number of hydrogen-bond donors (Lipinski definition) is 0. The van der Waals surface area contributed by atoms with Crippen LogP contribution in [0.2, 0.25) is 0 Å². The highest BCUT2D eigenvalue weighted by Gasteiger charge is 2.11. The molecule has 6 heteroatoms. The van der Waals surface area contributed by atoms with E-state index in [2.05, 4.69) is 4.74 Å². The summed E-state index contributed by atoms with van der Waals surface area (Å²) in [7, 11) is 1.28. The fraction of sp³-hybridized carbons (Fsp3) is 0.400. The van der Waals surface area contributed by atoms with Crippen LogP contribution < -0.4 is 0 Å². The van der Waals surface area contributed by atoms with Crippen LogP contribution in [0.5, 0.6) is 0 Å². The Morgan fingerprint density at radius 3 is 1.86 bits per heavy atom. The summed E-state index contributed by atoms with van der Waals surface area (Å²) in [5.41, 5.74) is 0.651. The van der Waals surface area contributed by atoms with Gasteiger partial charge in [0.2, 0.25) is 0 Å². The van der Waals surface area contributed by atoms with Crippen LogP contribution in [0.3, 0.4) is 0 Å². The number of rotatable bonds is 6. The van der Waals surface area contributed by atoms with Crippen molar-refractivity contribution in [2.75, 3.05) is 20.3 Å². The number of methoxy groups -OCH3 is 1. The molecule has 1 aromatic rings. The van der Waals surface area contributed by atoms with Gasteiger partial charge in [0.15, 0.2) is 0 Å². The van der Waals surface area contributed by atoms with Gasteiger partial charge in [-0.1, -0.05) is 13.8 Å². The van der Waals surface area contributed by atoms with Crippen molar-refractivity contribution < 1.29 is 28.6 Å². The lowest BCUT2D eigenvalue weighted by Crippen LogP contribution is -2.17. The maximum absolute atomic E-state index is 11.7. The number of benzene rings is 1. The zero-order chi connectivity index (χ0) is 15.8. The third kappa shape index (κ3) is 5.25. The number of ether oxygens (including phenoxy) is 3. The zero-order valence-electron chi connectivity index (χ0n) is 12.3. The molecule has 114 valence electrons. The molecule has 0 saturated heterocycles. The zero-order valence-corrected chi connectivity index (χ0v) is 12.3. The van der Waals surface area contributed by atoms with Gasteiger partial charge in [-0.2, -0.15) is 0 Å². The Hall–Kier alpha value is -2.37. The molecule has 0 fully saturated rings. The highest BCUT2D eigenvalue weighted by atomic mass is 16.6. The molecule has 0 unspecified atom stereocenters. The molecule has 6 nitrogen and oxygen atoms in total. The second-order valence-corrected chi connectivity index (χ2v) is 4.53. The highest BCUT2D eigenvalue weighted by molar-refractivity contribution is 5.93. The molecular weight excluding hydrogens is 276 g/mol. The van der Waals surface area contributed by atoms with E-state index in [1.54, 1.807) is 13.8 Å². The Morgan fingerprint density at radius 1 is 0.905 bits per heavy atom. The first kappa shape index (κ1) is 16.7. The van der Waals surface area contributed by atoms with Crippen molar-refractivity contribution in [3.05, 3.63) is 35.4 Å². The van der Waals surface area contributed by atoms with Crippen molar-refractivity contribution in [2.24, 2.45) is 5.92 Å². The quantitative estimate of drug-likeness (QED) is 0.452. The third-order valence-electron chi connectivity index (χ3n) is 2.57. The van der Waals surface area contributed by atoms with E-state index in [1.807, 2.05) is 0 Å². The minimum absolute atomic E-state index is 0.0169. The van der Waals surface area contributed by atoms with Gasteiger partial charge in [0.05, 0.1) is 24.2 Å². The molecular formula is C15H18O6. The van der Waals surface area contributed by atoms with Gasteiger partial charge in [-0.25, -0.2) is 9.59 Å². The Balaban J connectivity index is 2.42. The van der Waals surface area contributed by atoms with Crippen molar-refractivity contribution >= 4 is 17.9 Å². The molecule has 0 aliphatic carbocycles. The van der Waals surface area contributed by atoms with Crippen molar-refractivity contribution in [1.82, 2.24) is 0 Å². The topological polar surface area (TPSA) is 78.9 Å². The average Bonchev–Trinajstić information content (AvgIpc) is 2.50. The van der Waals surface area contributed by atoms with Crippen molar-refractivity contribution in [3.63, 3.8) is 0 Å². The van der Waals surface area contributed by atoms with E-state index in [0.29, 0.717) is 11.1 Å². The molecule has 0 aromatic heterocycles. The van der Waals surface area contributed by atoms with Crippen LogP contribution >= 0.6 is 0 Å². The van der Waals surface area contributed by atoms with Gasteiger partial charge in [-0.05, 0) is 24.3 Å². The highest BCUT2D eigenvalue weighted by Crippen LogP contribution is 2.07. The van der Waals surface area contributed by atoms with Gasteiger partial charge in [0.1, 0.15) is 13.2 Å². The fourth-order valence-electron chi connectivity index (χ4n) is 1.39. The molecule has 0 spiro atoms. The molecule has 0 atom stereocenters. The number of esters is 3. The standard InChI is InChI=1S/C15H18O6/c1-10(2)13(16)20-8-9-21-15(18)12-6-4-11(5-7-12)14(17)19-3/h4-7,10H,8-9H2,1-3H3. The summed E-state index contributed by atoms with van der Waals surface area (Å²) in [6.45, 7) is 3.44. The fourth-order valence-corrected chi connectivity index (χ4v) is 1.39. The normalized spacial score (nSPS) is 10.1. The molecule has 1 rings (SSSR count). The molecule has 0 radical (unpaired) electrons. The van der Waals surface area contributed by atoms with Crippen LogP contribution in [0, 0.1) is 5.92 Å². The number of carbonyl (C=O) groups is 3. The molecule has 0 N–H and O–H groups in total. The molecule has 1 aromatic carbocycles. The minimum atomic E-state index is -0.549. The van der Waals surface area contributed by atoms with Gasteiger partial charge in [-0.15, -0.1) is 0 Å². The summed E-state index contributed by atoms with van der Waals surface area (Å²) < 4.78 is 14.4. The Morgan fingerprint density at radius 2 is 1.38 bits per heavy atom. The van der Waals surface area contributed by atoms with Crippen LogP contribution in [0.1, 0.15) is 34.6 Å². The Bertz CT molecular complexity index is 503. The predicted molar refractivity (Wildman–Crippen MR) is 73.9 cm³/mol. The largest absolute Gasteiger partial charge is 0.465 e. The molecule has 21 heavy (non-hydrogen) atoms. The molecule has 0 bridgehead atoms. The Kier molecular flexibility index (Phi) is 6.39. The van der Waals surface area contributed by atoms with E-state index in [0.717, 1.165) is 0 Å². The molecule has 0 aliphatic heterocycles. The molecule has 0 heterocycles. The van der Waals surface area contributed by atoms with Crippen molar-refractivity contribution in [2.45, 2.75) is 13.8 Å². The number of carbonyl (C=O) groups excluding carboxylic acids is 3. The van der Waals surface area contributed by atoms with E-state index < -0.39 is 11.9 Å². The van der Waals surface area contributed by atoms with E-state index in [4.69, 9.17) is 9.47 Å².